The highest BCUT2D eigenvalue weighted by Gasteiger charge is 2.26. The number of benzene rings is 2. The molecule has 1 aromatic heterocycles. The highest BCUT2D eigenvalue weighted by Crippen LogP contribution is 2.20. The Morgan fingerprint density at radius 2 is 1.75 bits per heavy atom. The molecule has 0 radical (unpaired) electrons. The van der Waals surface area contributed by atoms with Gasteiger partial charge in [-0.2, -0.15) is 4.31 Å². The van der Waals surface area contributed by atoms with E-state index in [9.17, 15) is 13.2 Å². The molecular formula is C23H23NO7S. The fourth-order valence-electron chi connectivity index (χ4n) is 3.25. The number of furan rings is 1. The third kappa shape index (κ3) is 5.18. The average molecular weight is 458 g/mol. The first kappa shape index (κ1) is 22.1. The van der Waals surface area contributed by atoms with Gasteiger partial charge in [0.25, 0.3) is 0 Å². The number of sulfonamides is 1. The van der Waals surface area contributed by atoms with Crippen LogP contribution in [0.1, 0.15) is 21.7 Å². The summed E-state index contributed by atoms with van der Waals surface area (Å²) in [6, 6.07) is 17.2. The van der Waals surface area contributed by atoms with Crippen molar-refractivity contribution in [2.75, 3.05) is 26.3 Å². The molecule has 1 fully saturated rings. The van der Waals surface area contributed by atoms with Gasteiger partial charge in [-0.05, 0) is 35.9 Å². The predicted octanol–water partition coefficient (Wildman–Crippen LogP) is 3.24. The number of esters is 1. The average Bonchev–Trinajstić information content (AvgIpc) is 3.31. The highest BCUT2D eigenvalue weighted by molar-refractivity contribution is 7.89. The molecule has 0 atom stereocenters. The summed E-state index contributed by atoms with van der Waals surface area (Å²) in [4.78, 5) is 12.7. The van der Waals surface area contributed by atoms with E-state index in [0.717, 1.165) is 0 Å². The maximum absolute atomic E-state index is 12.8. The second kappa shape index (κ2) is 9.99. The Kier molecular flexibility index (Phi) is 6.89. The van der Waals surface area contributed by atoms with Gasteiger partial charge in [-0.1, -0.05) is 30.3 Å². The van der Waals surface area contributed by atoms with Gasteiger partial charge in [0.15, 0.2) is 0 Å². The molecule has 0 saturated carbocycles. The molecule has 2 heterocycles. The third-order valence-electron chi connectivity index (χ3n) is 4.95. The Hall–Kier alpha value is -3.14. The summed E-state index contributed by atoms with van der Waals surface area (Å²) in [7, 11) is -3.63. The number of hydrogen-bond acceptors (Lipinski definition) is 7. The number of ether oxygens (including phenoxy) is 3. The molecule has 0 spiro atoms. The van der Waals surface area contributed by atoms with Crippen LogP contribution in [0.5, 0.6) is 5.75 Å². The SMILES string of the molecule is O=C(OCc1cccc(S(=O)(=O)N2CCOCC2)c1)c1occc1COc1ccccc1. The van der Waals surface area contributed by atoms with Crippen molar-refractivity contribution in [1.29, 1.82) is 0 Å². The zero-order valence-electron chi connectivity index (χ0n) is 17.3. The summed E-state index contributed by atoms with van der Waals surface area (Å²) in [6.45, 7) is 1.43. The van der Waals surface area contributed by atoms with E-state index >= 15 is 0 Å². The van der Waals surface area contributed by atoms with E-state index < -0.39 is 16.0 Å². The van der Waals surface area contributed by atoms with Crippen LogP contribution in [0.25, 0.3) is 0 Å². The molecule has 0 bridgehead atoms. The maximum Gasteiger partial charge on any atom is 0.374 e. The Morgan fingerprint density at radius 1 is 0.969 bits per heavy atom. The van der Waals surface area contributed by atoms with Gasteiger partial charge in [-0.15, -0.1) is 0 Å². The minimum atomic E-state index is -3.63. The van der Waals surface area contributed by atoms with Gasteiger partial charge in [0.2, 0.25) is 15.8 Å². The van der Waals surface area contributed by atoms with E-state index in [1.807, 2.05) is 30.3 Å². The fraction of sp³-hybridized carbons (Fsp3) is 0.261. The van der Waals surface area contributed by atoms with Gasteiger partial charge in [-0.25, -0.2) is 13.2 Å². The van der Waals surface area contributed by atoms with Gasteiger partial charge >= 0.3 is 5.97 Å². The number of para-hydroxylation sites is 1. The molecule has 1 aliphatic heterocycles. The predicted molar refractivity (Wildman–Crippen MR) is 115 cm³/mol. The monoisotopic (exact) mass is 457 g/mol. The van der Waals surface area contributed by atoms with Crippen molar-refractivity contribution in [1.82, 2.24) is 4.31 Å². The lowest BCUT2D eigenvalue weighted by atomic mass is 10.2. The second-order valence-electron chi connectivity index (χ2n) is 7.12. The van der Waals surface area contributed by atoms with E-state index in [0.29, 0.717) is 43.2 Å². The summed E-state index contributed by atoms with van der Waals surface area (Å²) in [5.74, 6) is 0.0763. The summed E-state index contributed by atoms with van der Waals surface area (Å²) >= 11 is 0. The molecule has 0 unspecified atom stereocenters. The number of morpholine rings is 1. The summed E-state index contributed by atoms with van der Waals surface area (Å²) in [5, 5.41) is 0. The number of carbonyl (C=O) groups is 1. The molecule has 4 rings (SSSR count). The van der Waals surface area contributed by atoms with Crippen LogP contribution in [-0.2, 0) is 32.7 Å². The van der Waals surface area contributed by atoms with Gasteiger partial charge < -0.3 is 18.6 Å². The minimum absolute atomic E-state index is 0.0537. The topological polar surface area (TPSA) is 95.3 Å². The fourth-order valence-corrected chi connectivity index (χ4v) is 4.73. The summed E-state index contributed by atoms with van der Waals surface area (Å²) in [5.41, 5.74) is 1.11. The molecule has 9 heteroatoms. The van der Waals surface area contributed by atoms with E-state index in [1.165, 1.54) is 22.7 Å². The Morgan fingerprint density at radius 3 is 2.53 bits per heavy atom. The first-order chi connectivity index (χ1) is 15.5. The highest BCUT2D eigenvalue weighted by atomic mass is 32.2. The third-order valence-corrected chi connectivity index (χ3v) is 6.84. The molecule has 1 aliphatic rings. The van der Waals surface area contributed by atoms with Crippen LogP contribution in [0.4, 0.5) is 0 Å². The van der Waals surface area contributed by atoms with Crippen LogP contribution >= 0.6 is 0 Å². The summed E-state index contributed by atoms with van der Waals surface area (Å²) < 4.78 is 48.6. The molecule has 1 saturated heterocycles. The largest absolute Gasteiger partial charge is 0.489 e. The quantitative estimate of drug-likeness (QED) is 0.479. The van der Waals surface area contributed by atoms with Crippen LogP contribution in [-0.4, -0.2) is 45.0 Å². The van der Waals surface area contributed by atoms with Crippen molar-refractivity contribution in [2.24, 2.45) is 0 Å². The first-order valence-electron chi connectivity index (χ1n) is 10.1. The standard InChI is InChI=1S/C23H23NO7S/c25-23(22-19(9-12-29-22)17-30-20-6-2-1-3-7-20)31-16-18-5-4-8-21(15-18)32(26,27)24-10-13-28-14-11-24/h1-9,12,15H,10-11,13-14,16-17H2. The molecular weight excluding hydrogens is 434 g/mol. The van der Waals surface area contributed by atoms with Crippen molar-refractivity contribution in [3.63, 3.8) is 0 Å². The van der Waals surface area contributed by atoms with Crippen LogP contribution in [0, 0.1) is 0 Å². The normalized spacial score (nSPS) is 14.8. The van der Waals surface area contributed by atoms with Gasteiger partial charge in [-0.3, -0.25) is 0 Å². The molecule has 0 aliphatic carbocycles. The Balaban J connectivity index is 1.39. The van der Waals surface area contributed by atoms with E-state index in [1.54, 1.807) is 18.2 Å². The van der Waals surface area contributed by atoms with Crippen LogP contribution in [0.2, 0.25) is 0 Å². The molecule has 32 heavy (non-hydrogen) atoms. The molecule has 168 valence electrons. The Bertz CT molecular complexity index is 1150. The van der Waals surface area contributed by atoms with Gasteiger partial charge in [0.05, 0.1) is 24.4 Å². The van der Waals surface area contributed by atoms with Crippen LogP contribution in [0.3, 0.4) is 0 Å². The lowest BCUT2D eigenvalue weighted by molar-refractivity contribution is 0.0432. The second-order valence-corrected chi connectivity index (χ2v) is 9.05. The van der Waals surface area contributed by atoms with E-state index in [4.69, 9.17) is 18.6 Å². The van der Waals surface area contributed by atoms with E-state index in [2.05, 4.69) is 0 Å². The smallest absolute Gasteiger partial charge is 0.374 e. The van der Waals surface area contributed by atoms with Crippen molar-refractivity contribution in [3.05, 3.63) is 83.8 Å². The van der Waals surface area contributed by atoms with Crippen molar-refractivity contribution >= 4 is 16.0 Å². The molecule has 3 aromatic rings. The molecule has 2 aromatic carbocycles. The zero-order valence-corrected chi connectivity index (χ0v) is 18.1. The van der Waals surface area contributed by atoms with E-state index in [-0.39, 0.29) is 23.9 Å². The van der Waals surface area contributed by atoms with Crippen molar-refractivity contribution < 1.29 is 31.8 Å². The van der Waals surface area contributed by atoms with Gasteiger partial charge in [0, 0.05) is 18.7 Å². The van der Waals surface area contributed by atoms with Crippen molar-refractivity contribution in [2.45, 2.75) is 18.1 Å². The molecule has 8 nitrogen and oxygen atoms in total. The minimum Gasteiger partial charge on any atom is -0.489 e. The van der Waals surface area contributed by atoms with Crippen LogP contribution < -0.4 is 4.74 Å². The first-order valence-corrected chi connectivity index (χ1v) is 11.6. The number of rotatable bonds is 8. The van der Waals surface area contributed by atoms with Gasteiger partial charge in [0.1, 0.15) is 19.0 Å². The zero-order chi connectivity index (χ0) is 22.4. The summed E-state index contributed by atoms with van der Waals surface area (Å²) in [6.07, 6.45) is 1.40. The molecule has 0 N–H and O–H groups in total. The van der Waals surface area contributed by atoms with Crippen LogP contribution in [0.15, 0.2) is 76.2 Å². The lowest BCUT2D eigenvalue weighted by Crippen LogP contribution is -2.40. The lowest BCUT2D eigenvalue weighted by Gasteiger charge is -2.26. The van der Waals surface area contributed by atoms with Crippen molar-refractivity contribution in [3.8, 4) is 5.75 Å². The maximum atomic E-state index is 12.8. The number of carbonyl (C=O) groups excluding carboxylic acids is 1. The Labute approximate surface area is 186 Å². The number of hydrogen-bond donors (Lipinski definition) is 0. The molecule has 0 amide bonds. The number of nitrogens with zero attached hydrogens (tertiary/aromatic N) is 1.